The van der Waals surface area contributed by atoms with Crippen molar-refractivity contribution in [1.29, 1.82) is 0 Å². The predicted molar refractivity (Wildman–Crippen MR) is 72.7 cm³/mol. The molecule has 106 valence electrons. The summed E-state index contributed by atoms with van der Waals surface area (Å²) in [4.78, 5) is 11.3. The van der Waals surface area contributed by atoms with Crippen LogP contribution in [0.15, 0.2) is 12.2 Å². The molecule has 0 saturated heterocycles. The second kappa shape index (κ2) is 9.91. The zero-order valence-electron chi connectivity index (χ0n) is 11.9. The Bertz CT molecular complexity index is 247. The Hall–Kier alpha value is -1.07. The first-order chi connectivity index (χ1) is 8.45. The SMILES string of the molecule is COC/C=C/CNCCCNC(=O)OC(C)(C)C. The molecule has 1 amide bonds. The van der Waals surface area contributed by atoms with Gasteiger partial charge >= 0.3 is 6.09 Å². The summed E-state index contributed by atoms with van der Waals surface area (Å²) in [6.45, 7) is 8.47. The maximum Gasteiger partial charge on any atom is 0.407 e. The first-order valence-corrected chi connectivity index (χ1v) is 6.27. The van der Waals surface area contributed by atoms with Crippen LogP contribution in [0.4, 0.5) is 4.79 Å². The van der Waals surface area contributed by atoms with Gasteiger partial charge in [0, 0.05) is 20.2 Å². The smallest absolute Gasteiger partial charge is 0.407 e. The molecule has 5 heteroatoms. The number of alkyl carbamates (subject to hydrolysis) is 1. The minimum absolute atomic E-state index is 0.359. The van der Waals surface area contributed by atoms with Crippen molar-refractivity contribution in [1.82, 2.24) is 10.6 Å². The Kier molecular flexibility index (Phi) is 9.32. The van der Waals surface area contributed by atoms with Gasteiger partial charge in [0.25, 0.3) is 0 Å². The van der Waals surface area contributed by atoms with Crippen LogP contribution in [0.2, 0.25) is 0 Å². The second-order valence-electron chi connectivity index (χ2n) is 4.91. The average molecular weight is 258 g/mol. The number of nitrogens with one attached hydrogen (secondary N) is 2. The van der Waals surface area contributed by atoms with Gasteiger partial charge in [-0.05, 0) is 33.7 Å². The van der Waals surface area contributed by atoms with Crippen molar-refractivity contribution < 1.29 is 14.3 Å². The molecular weight excluding hydrogens is 232 g/mol. The van der Waals surface area contributed by atoms with Crippen LogP contribution in [0.5, 0.6) is 0 Å². The molecule has 0 aromatic heterocycles. The number of carbonyl (C=O) groups is 1. The molecular formula is C13H26N2O3. The fraction of sp³-hybridized carbons (Fsp3) is 0.769. The van der Waals surface area contributed by atoms with Crippen LogP contribution in [0.3, 0.4) is 0 Å². The van der Waals surface area contributed by atoms with E-state index in [0.29, 0.717) is 13.2 Å². The topological polar surface area (TPSA) is 59.6 Å². The van der Waals surface area contributed by atoms with Gasteiger partial charge in [0.2, 0.25) is 0 Å². The van der Waals surface area contributed by atoms with Crippen LogP contribution in [-0.2, 0) is 9.47 Å². The van der Waals surface area contributed by atoms with Gasteiger partial charge < -0.3 is 20.1 Å². The molecule has 0 fully saturated rings. The highest BCUT2D eigenvalue weighted by Gasteiger charge is 2.15. The zero-order valence-corrected chi connectivity index (χ0v) is 11.9. The van der Waals surface area contributed by atoms with E-state index in [2.05, 4.69) is 10.6 Å². The number of carbonyl (C=O) groups excluding carboxylic acids is 1. The molecule has 0 heterocycles. The number of ether oxygens (including phenoxy) is 2. The molecule has 0 aliphatic rings. The van der Waals surface area contributed by atoms with Crippen LogP contribution in [0, 0.1) is 0 Å². The third-order valence-corrected chi connectivity index (χ3v) is 1.89. The second-order valence-corrected chi connectivity index (χ2v) is 4.91. The first kappa shape index (κ1) is 16.9. The number of hydrogen-bond donors (Lipinski definition) is 2. The zero-order chi connectivity index (χ0) is 13.9. The predicted octanol–water partition coefficient (Wildman–Crippen LogP) is 1.69. The third-order valence-electron chi connectivity index (χ3n) is 1.89. The summed E-state index contributed by atoms with van der Waals surface area (Å²) in [6, 6.07) is 0. The van der Waals surface area contributed by atoms with Gasteiger partial charge in [0.05, 0.1) is 6.61 Å². The lowest BCUT2D eigenvalue weighted by Gasteiger charge is -2.19. The van der Waals surface area contributed by atoms with E-state index in [1.165, 1.54) is 0 Å². The van der Waals surface area contributed by atoms with Crippen molar-refractivity contribution in [3.63, 3.8) is 0 Å². The summed E-state index contributed by atoms with van der Waals surface area (Å²) in [5.74, 6) is 0. The third kappa shape index (κ3) is 13.0. The summed E-state index contributed by atoms with van der Waals surface area (Å²) in [7, 11) is 1.67. The lowest BCUT2D eigenvalue weighted by atomic mass is 10.2. The summed E-state index contributed by atoms with van der Waals surface area (Å²) in [5.41, 5.74) is -0.436. The normalized spacial score (nSPS) is 11.8. The standard InChI is InChI=1S/C13H26N2O3/c1-13(2,3)18-12(16)15-10-7-9-14-8-5-6-11-17-4/h5-6,14H,7-11H2,1-4H3,(H,15,16)/b6-5+. The van der Waals surface area contributed by atoms with Crippen LogP contribution >= 0.6 is 0 Å². The molecule has 0 radical (unpaired) electrons. The Morgan fingerprint density at radius 1 is 1.22 bits per heavy atom. The van der Waals surface area contributed by atoms with Crippen molar-refractivity contribution in [2.45, 2.75) is 32.8 Å². The van der Waals surface area contributed by atoms with Crippen molar-refractivity contribution >= 4 is 6.09 Å². The molecule has 0 atom stereocenters. The van der Waals surface area contributed by atoms with E-state index >= 15 is 0 Å². The van der Waals surface area contributed by atoms with Crippen LogP contribution in [-0.4, -0.2) is 45.0 Å². The van der Waals surface area contributed by atoms with Crippen LogP contribution in [0.25, 0.3) is 0 Å². The maximum atomic E-state index is 11.3. The summed E-state index contributed by atoms with van der Waals surface area (Å²) in [6.07, 6.45) is 4.50. The quantitative estimate of drug-likeness (QED) is 0.514. The summed E-state index contributed by atoms with van der Waals surface area (Å²) in [5, 5.41) is 5.94. The minimum atomic E-state index is -0.436. The highest BCUT2D eigenvalue weighted by atomic mass is 16.6. The molecule has 18 heavy (non-hydrogen) atoms. The van der Waals surface area contributed by atoms with E-state index in [-0.39, 0.29) is 6.09 Å². The number of amides is 1. The molecule has 0 aromatic carbocycles. The van der Waals surface area contributed by atoms with Gasteiger partial charge in [-0.1, -0.05) is 12.2 Å². The molecule has 0 aliphatic carbocycles. The molecule has 0 rings (SSSR count). The van der Waals surface area contributed by atoms with E-state index in [1.54, 1.807) is 7.11 Å². The molecule has 0 aliphatic heterocycles. The highest BCUT2D eigenvalue weighted by molar-refractivity contribution is 5.67. The van der Waals surface area contributed by atoms with Gasteiger partial charge in [0.1, 0.15) is 5.60 Å². The summed E-state index contributed by atoms with van der Waals surface area (Å²) < 4.78 is 9.99. The Morgan fingerprint density at radius 2 is 1.94 bits per heavy atom. The van der Waals surface area contributed by atoms with Gasteiger partial charge in [-0.3, -0.25) is 0 Å². The first-order valence-electron chi connectivity index (χ1n) is 6.27. The van der Waals surface area contributed by atoms with Gasteiger partial charge in [-0.15, -0.1) is 0 Å². The van der Waals surface area contributed by atoms with Crippen molar-refractivity contribution in [3.8, 4) is 0 Å². The average Bonchev–Trinajstić information content (AvgIpc) is 2.24. The van der Waals surface area contributed by atoms with E-state index in [9.17, 15) is 4.79 Å². The molecule has 0 bridgehead atoms. The fourth-order valence-corrected chi connectivity index (χ4v) is 1.15. The summed E-state index contributed by atoms with van der Waals surface area (Å²) >= 11 is 0. The van der Waals surface area contributed by atoms with E-state index in [1.807, 2.05) is 32.9 Å². The Balaban J connectivity index is 3.33. The number of hydrogen-bond acceptors (Lipinski definition) is 4. The van der Waals surface area contributed by atoms with Crippen molar-refractivity contribution in [2.75, 3.05) is 33.4 Å². The van der Waals surface area contributed by atoms with Gasteiger partial charge in [0.15, 0.2) is 0 Å². The Labute approximate surface area is 110 Å². The van der Waals surface area contributed by atoms with Crippen LogP contribution < -0.4 is 10.6 Å². The number of methoxy groups -OCH3 is 1. The van der Waals surface area contributed by atoms with Gasteiger partial charge in [-0.25, -0.2) is 4.79 Å². The van der Waals surface area contributed by atoms with E-state index in [4.69, 9.17) is 9.47 Å². The monoisotopic (exact) mass is 258 g/mol. The largest absolute Gasteiger partial charge is 0.444 e. The molecule has 0 aromatic rings. The molecule has 0 unspecified atom stereocenters. The fourth-order valence-electron chi connectivity index (χ4n) is 1.15. The van der Waals surface area contributed by atoms with E-state index in [0.717, 1.165) is 19.5 Å². The van der Waals surface area contributed by atoms with Crippen molar-refractivity contribution in [2.24, 2.45) is 0 Å². The van der Waals surface area contributed by atoms with Crippen molar-refractivity contribution in [3.05, 3.63) is 12.2 Å². The molecule has 5 nitrogen and oxygen atoms in total. The van der Waals surface area contributed by atoms with Crippen LogP contribution in [0.1, 0.15) is 27.2 Å². The molecule has 2 N–H and O–H groups in total. The minimum Gasteiger partial charge on any atom is -0.444 e. The lowest BCUT2D eigenvalue weighted by molar-refractivity contribution is 0.0527. The lowest BCUT2D eigenvalue weighted by Crippen LogP contribution is -2.33. The molecule has 0 spiro atoms. The highest BCUT2D eigenvalue weighted by Crippen LogP contribution is 2.06. The van der Waals surface area contributed by atoms with E-state index < -0.39 is 5.60 Å². The Morgan fingerprint density at radius 3 is 2.56 bits per heavy atom. The maximum absolute atomic E-state index is 11.3. The van der Waals surface area contributed by atoms with Gasteiger partial charge in [-0.2, -0.15) is 0 Å². The molecule has 0 saturated carbocycles. The number of rotatable bonds is 8.